The maximum absolute atomic E-state index is 13.7. The predicted molar refractivity (Wildman–Crippen MR) is 141 cm³/mol. The first kappa shape index (κ1) is 25.6. The van der Waals surface area contributed by atoms with Crippen molar-refractivity contribution in [3.8, 4) is 22.6 Å². The number of nitrogens with one attached hydrogen (secondary N) is 2. The molecule has 1 aromatic heterocycles. The van der Waals surface area contributed by atoms with Crippen LogP contribution in [-0.2, 0) is 6.54 Å². The van der Waals surface area contributed by atoms with Gasteiger partial charge in [0.25, 0.3) is 11.6 Å². The molecule has 0 radical (unpaired) electrons. The van der Waals surface area contributed by atoms with E-state index in [-0.39, 0.29) is 22.7 Å². The van der Waals surface area contributed by atoms with Crippen molar-refractivity contribution in [3.63, 3.8) is 0 Å². The fraction of sp³-hybridized carbons (Fsp3) is 0.241. The second-order valence-corrected chi connectivity index (χ2v) is 9.72. The first-order chi connectivity index (χ1) is 18.3. The lowest BCUT2D eigenvalue weighted by Gasteiger charge is -2.21. The lowest BCUT2D eigenvalue weighted by Crippen LogP contribution is -2.30. The Bertz CT molecular complexity index is 1520. The summed E-state index contributed by atoms with van der Waals surface area (Å²) in [4.78, 5) is 13.7. The van der Waals surface area contributed by atoms with Crippen LogP contribution in [0.4, 0.5) is 4.39 Å². The van der Waals surface area contributed by atoms with Gasteiger partial charge in [0.2, 0.25) is 0 Å². The first-order valence-electron chi connectivity index (χ1n) is 12.2. The van der Waals surface area contributed by atoms with Crippen LogP contribution in [0.3, 0.4) is 0 Å². The van der Waals surface area contributed by atoms with Crippen molar-refractivity contribution < 1.29 is 23.1 Å². The number of ether oxygens (including phenoxy) is 2. The minimum absolute atomic E-state index is 0.0120. The van der Waals surface area contributed by atoms with E-state index in [0.717, 1.165) is 24.0 Å². The smallest absolute Gasteiger partial charge is 0.293 e. The molecule has 1 aliphatic carbocycles. The van der Waals surface area contributed by atoms with Crippen LogP contribution in [0.15, 0.2) is 71.5 Å². The van der Waals surface area contributed by atoms with Gasteiger partial charge < -0.3 is 19.2 Å². The molecule has 0 aliphatic heterocycles. The Hall–Kier alpha value is -4.04. The number of hydrogen-bond donors (Lipinski definition) is 2. The van der Waals surface area contributed by atoms with Crippen molar-refractivity contribution in [1.29, 1.82) is 5.41 Å². The highest BCUT2D eigenvalue weighted by Gasteiger charge is 2.34. The van der Waals surface area contributed by atoms with Crippen LogP contribution in [0.2, 0.25) is 5.02 Å². The van der Waals surface area contributed by atoms with Gasteiger partial charge in [0, 0.05) is 23.4 Å². The zero-order valence-electron chi connectivity index (χ0n) is 21.0. The molecule has 2 N–H and O–H groups in total. The van der Waals surface area contributed by atoms with Crippen LogP contribution >= 0.6 is 11.6 Å². The summed E-state index contributed by atoms with van der Waals surface area (Å²) in [5.74, 6) is 0.905. The maximum atomic E-state index is 13.7. The van der Waals surface area contributed by atoms with Crippen LogP contribution in [-0.4, -0.2) is 24.7 Å². The third kappa shape index (κ3) is 5.60. The largest absolute Gasteiger partial charge is 0.497 e. The van der Waals surface area contributed by atoms with Gasteiger partial charge in [-0.2, -0.15) is 0 Å². The predicted octanol–water partition coefficient (Wildman–Crippen LogP) is 5.97. The van der Waals surface area contributed by atoms with Crippen LogP contribution in [0, 0.1) is 17.1 Å². The summed E-state index contributed by atoms with van der Waals surface area (Å²) in [6.07, 6.45) is 5.09. The molecule has 1 heterocycles. The molecule has 196 valence electrons. The monoisotopic (exact) mass is 535 g/mol. The number of methoxy groups -OCH3 is 2. The summed E-state index contributed by atoms with van der Waals surface area (Å²) >= 11 is 6.37. The zero-order valence-corrected chi connectivity index (χ0v) is 21.7. The molecule has 0 bridgehead atoms. The average molecular weight is 536 g/mol. The van der Waals surface area contributed by atoms with E-state index in [9.17, 15) is 9.18 Å². The highest BCUT2D eigenvalue weighted by atomic mass is 35.5. The van der Waals surface area contributed by atoms with Crippen LogP contribution in [0.25, 0.3) is 11.1 Å². The molecular weight excluding hydrogens is 509 g/mol. The van der Waals surface area contributed by atoms with Crippen LogP contribution in [0.5, 0.6) is 11.5 Å². The molecular formula is C29H27ClFN3O4. The van der Waals surface area contributed by atoms with Gasteiger partial charge >= 0.3 is 0 Å². The first-order valence-corrected chi connectivity index (χ1v) is 12.5. The number of carbonyl (C=O) groups excluding carboxylic acids is 1. The van der Waals surface area contributed by atoms with Crippen molar-refractivity contribution >= 4 is 17.5 Å². The molecule has 7 nitrogen and oxygen atoms in total. The van der Waals surface area contributed by atoms with Crippen molar-refractivity contribution in [2.24, 2.45) is 5.92 Å². The summed E-state index contributed by atoms with van der Waals surface area (Å²) in [7, 11) is 3.19. The Morgan fingerprint density at radius 3 is 2.47 bits per heavy atom. The number of benzene rings is 3. The number of halogens is 2. The van der Waals surface area contributed by atoms with E-state index < -0.39 is 5.82 Å². The summed E-state index contributed by atoms with van der Waals surface area (Å²) < 4.78 is 31.3. The molecule has 0 spiro atoms. The van der Waals surface area contributed by atoms with E-state index >= 15 is 0 Å². The second kappa shape index (κ2) is 10.8. The number of rotatable bonds is 9. The molecule has 0 saturated heterocycles. The lowest BCUT2D eigenvalue weighted by atomic mass is 9.97. The Kier molecular flexibility index (Phi) is 7.24. The molecule has 1 amide bonds. The van der Waals surface area contributed by atoms with Crippen molar-refractivity contribution in [1.82, 2.24) is 9.88 Å². The number of carbonyl (C=O) groups is 1. The maximum Gasteiger partial charge on any atom is 0.293 e. The standard InChI is InChI=1S/C29H27ClFN3O4/c1-36-23-12-20(13-24(15-23)37-2)27(18-3-4-18)33-28(35)21-10-17(16-34-7-8-38-29(34)32)9-19(11-21)25-6-5-22(31)14-26(25)30/h5-15,18,27,32H,3-4,16H2,1-2H3,(H,33,35). The summed E-state index contributed by atoms with van der Waals surface area (Å²) in [6.45, 7) is 0.307. The number of nitrogens with zero attached hydrogens (tertiary/aromatic N) is 1. The van der Waals surface area contributed by atoms with Crippen LogP contribution < -0.4 is 20.5 Å². The van der Waals surface area contributed by atoms with E-state index in [1.807, 2.05) is 18.2 Å². The Morgan fingerprint density at radius 2 is 1.87 bits per heavy atom. The fourth-order valence-electron chi connectivity index (χ4n) is 4.55. The highest BCUT2D eigenvalue weighted by Crippen LogP contribution is 2.43. The van der Waals surface area contributed by atoms with Gasteiger partial charge in [0.1, 0.15) is 23.6 Å². The Morgan fingerprint density at radius 1 is 1.13 bits per heavy atom. The highest BCUT2D eigenvalue weighted by molar-refractivity contribution is 6.33. The van der Waals surface area contributed by atoms with Crippen LogP contribution in [0.1, 0.15) is 40.4 Å². The van der Waals surface area contributed by atoms with Gasteiger partial charge in [0.05, 0.1) is 31.8 Å². The zero-order chi connectivity index (χ0) is 26.8. The van der Waals surface area contributed by atoms with Gasteiger partial charge in [-0.15, -0.1) is 0 Å². The molecule has 1 unspecified atom stereocenters. The molecule has 4 aromatic rings. The normalized spacial score (nSPS) is 13.7. The van der Waals surface area contributed by atoms with Crippen molar-refractivity contribution in [2.45, 2.75) is 25.4 Å². The molecule has 38 heavy (non-hydrogen) atoms. The molecule has 9 heteroatoms. The Balaban J connectivity index is 1.52. The van der Waals surface area contributed by atoms with Gasteiger partial charge in [-0.05, 0) is 84.0 Å². The minimum Gasteiger partial charge on any atom is -0.497 e. The summed E-state index contributed by atoms with van der Waals surface area (Å²) in [5, 5.41) is 11.4. The average Bonchev–Trinajstić information content (AvgIpc) is 3.68. The van der Waals surface area contributed by atoms with Gasteiger partial charge in [-0.3, -0.25) is 14.8 Å². The SMILES string of the molecule is COc1cc(OC)cc(C(NC(=O)c2cc(Cn3ccoc3=N)cc(-c3ccc(F)cc3Cl)c2)C2CC2)c1. The number of oxazole rings is 1. The van der Waals surface area contributed by atoms with Gasteiger partial charge in [0.15, 0.2) is 0 Å². The molecule has 1 fully saturated rings. The third-order valence-corrected chi connectivity index (χ3v) is 6.96. The Labute approximate surface area is 224 Å². The molecule has 1 aliphatic rings. The van der Waals surface area contributed by atoms with E-state index in [4.69, 9.17) is 30.9 Å². The summed E-state index contributed by atoms with van der Waals surface area (Å²) in [6, 6.07) is 15.0. The lowest BCUT2D eigenvalue weighted by molar-refractivity contribution is 0.0931. The summed E-state index contributed by atoms with van der Waals surface area (Å²) in [5.41, 5.74) is 3.35. The van der Waals surface area contributed by atoms with Gasteiger partial charge in [-0.25, -0.2) is 4.39 Å². The number of aromatic nitrogens is 1. The second-order valence-electron chi connectivity index (χ2n) is 9.31. The molecule has 1 saturated carbocycles. The molecule has 1 atom stereocenters. The fourth-order valence-corrected chi connectivity index (χ4v) is 4.83. The minimum atomic E-state index is -0.443. The van der Waals surface area contributed by atoms with Crippen molar-refractivity contribution in [3.05, 3.63) is 100 Å². The van der Waals surface area contributed by atoms with E-state index in [1.54, 1.807) is 49.2 Å². The van der Waals surface area contributed by atoms with E-state index in [0.29, 0.717) is 40.7 Å². The molecule has 5 rings (SSSR count). The molecule has 3 aromatic carbocycles. The number of hydrogen-bond acceptors (Lipinski definition) is 5. The van der Waals surface area contributed by atoms with E-state index in [2.05, 4.69) is 5.32 Å². The third-order valence-electron chi connectivity index (χ3n) is 6.64. The topological polar surface area (TPSA) is 89.5 Å². The van der Waals surface area contributed by atoms with Gasteiger partial charge in [-0.1, -0.05) is 11.6 Å². The quantitative estimate of drug-likeness (QED) is 0.276. The number of amides is 1. The van der Waals surface area contributed by atoms with Crippen molar-refractivity contribution in [2.75, 3.05) is 14.2 Å². The van der Waals surface area contributed by atoms with E-state index in [1.165, 1.54) is 18.4 Å².